The van der Waals surface area contributed by atoms with Gasteiger partial charge in [0, 0.05) is 31.1 Å². The quantitative estimate of drug-likeness (QED) is 0.479. The van der Waals surface area contributed by atoms with Crippen molar-refractivity contribution in [2.24, 2.45) is 10.7 Å². The highest BCUT2D eigenvalue weighted by atomic mass is 16.4. The molecule has 1 aromatic carbocycles. The van der Waals surface area contributed by atoms with E-state index in [0.717, 1.165) is 0 Å². The Balaban J connectivity index is 2.58. The highest BCUT2D eigenvalue weighted by Crippen LogP contribution is 2.18. The summed E-state index contributed by atoms with van der Waals surface area (Å²) in [6.07, 6.45) is 0. The van der Waals surface area contributed by atoms with E-state index in [1.807, 2.05) is 0 Å². The predicted octanol–water partition coefficient (Wildman–Crippen LogP) is 1.09. The molecule has 0 atom stereocenters. The number of fused-ring (bicyclic) bond motifs is 1. The third-order valence-electron chi connectivity index (χ3n) is 2.57. The number of benzene rings is 1. The minimum atomic E-state index is -0.560. The first kappa shape index (κ1) is 12.8. The molecule has 2 aromatic rings. The molecule has 0 radical (unpaired) electrons. The van der Waals surface area contributed by atoms with Gasteiger partial charge in [-0.05, 0) is 18.2 Å². The maximum atomic E-state index is 11.8. The van der Waals surface area contributed by atoms with Crippen LogP contribution in [0.2, 0.25) is 0 Å². The van der Waals surface area contributed by atoms with Crippen molar-refractivity contribution in [1.82, 2.24) is 0 Å². The summed E-state index contributed by atoms with van der Waals surface area (Å²) in [6.45, 7) is 1.40. The van der Waals surface area contributed by atoms with Gasteiger partial charge in [-0.3, -0.25) is 9.79 Å². The first-order valence-electron chi connectivity index (χ1n) is 5.59. The Hall–Kier alpha value is -2.63. The number of amidine groups is 1. The topological polar surface area (TPSA) is 97.7 Å². The van der Waals surface area contributed by atoms with Crippen molar-refractivity contribution in [3.05, 3.63) is 40.2 Å². The number of rotatable bonds is 2. The van der Waals surface area contributed by atoms with E-state index in [2.05, 4.69) is 10.3 Å². The van der Waals surface area contributed by atoms with Gasteiger partial charge in [-0.1, -0.05) is 0 Å². The molecule has 0 aliphatic carbocycles. The Kier molecular flexibility index (Phi) is 3.33. The second-order valence-corrected chi connectivity index (χ2v) is 3.99. The maximum Gasteiger partial charge on any atom is 0.347 e. The summed E-state index contributed by atoms with van der Waals surface area (Å²) in [7, 11) is 1.50. The zero-order valence-corrected chi connectivity index (χ0v) is 10.6. The number of carbonyl (C=O) groups is 1. The molecule has 0 saturated carbocycles. The fourth-order valence-electron chi connectivity index (χ4n) is 1.69. The van der Waals surface area contributed by atoms with Crippen molar-refractivity contribution in [3.63, 3.8) is 0 Å². The van der Waals surface area contributed by atoms with Crippen LogP contribution < -0.4 is 16.7 Å². The average molecular weight is 259 g/mol. The molecular weight excluding hydrogens is 246 g/mol. The van der Waals surface area contributed by atoms with Gasteiger partial charge in [-0.15, -0.1) is 0 Å². The van der Waals surface area contributed by atoms with Gasteiger partial charge in [0.1, 0.15) is 17.0 Å². The van der Waals surface area contributed by atoms with Crippen LogP contribution in [0.25, 0.3) is 11.0 Å². The fraction of sp³-hybridized carbons (Fsp3) is 0.154. The number of amides is 1. The molecule has 1 heterocycles. The Morgan fingerprint density at radius 2 is 2.11 bits per heavy atom. The van der Waals surface area contributed by atoms with E-state index < -0.39 is 5.63 Å². The molecular formula is C13H13N3O3. The second-order valence-electron chi connectivity index (χ2n) is 3.99. The predicted molar refractivity (Wildman–Crippen MR) is 73.4 cm³/mol. The van der Waals surface area contributed by atoms with E-state index >= 15 is 0 Å². The van der Waals surface area contributed by atoms with Gasteiger partial charge in [0.2, 0.25) is 5.91 Å². The number of nitrogens with two attached hydrogens (primary N) is 1. The molecule has 98 valence electrons. The molecule has 0 saturated heterocycles. The van der Waals surface area contributed by atoms with Crippen molar-refractivity contribution in [1.29, 1.82) is 0 Å². The van der Waals surface area contributed by atoms with Crippen molar-refractivity contribution in [3.8, 4) is 0 Å². The van der Waals surface area contributed by atoms with Crippen LogP contribution >= 0.6 is 0 Å². The first-order chi connectivity index (χ1) is 9.01. The molecule has 1 amide bonds. The largest absolute Gasteiger partial charge is 0.422 e. The number of hydrogen-bond donors (Lipinski definition) is 2. The lowest BCUT2D eigenvalue weighted by molar-refractivity contribution is -0.114. The molecule has 0 fully saturated rings. The summed E-state index contributed by atoms with van der Waals surface area (Å²) in [4.78, 5) is 26.5. The van der Waals surface area contributed by atoms with E-state index in [1.165, 1.54) is 14.0 Å². The normalized spacial score (nSPS) is 11.6. The highest BCUT2D eigenvalue weighted by Gasteiger charge is 2.09. The molecule has 1 aromatic heterocycles. The standard InChI is InChI=1S/C13H13N3O3/c1-7(17)16-9-4-3-8-5-10(12(14)15-2)13(18)19-11(8)6-9/h3-6H,1-2H3,(H2,14,15)(H,16,17). The maximum absolute atomic E-state index is 11.8. The Bertz CT molecular complexity index is 731. The summed E-state index contributed by atoms with van der Waals surface area (Å²) in [6, 6.07) is 6.64. The van der Waals surface area contributed by atoms with E-state index in [9.17, 15) is 9.59 Å². The van der Waals surface area contributed by atoms with Crippen LogP contribution in [-0.4, -0.2) is 18.8 Å². The Labute approximate surface area is 108 Å². The molecule has 0 aliphatic rings. The van der Waals surface area contributed by atoms with Gasteiger partial charge in [0.15, 0.2) is 0 Å². The minimum Gasteiger partial charge on any atom is -0.422 e. The van der Waals surface area contributed by atoms with E-state index in [1.54, 1.807) is 24.3 Å². The number of anilines is 1. The summed E-state index contributed by atoms with van der Waals surface area (Å²) < 4.78 is 5.17. The zero-order valence-electron chi connectivity index (χ0n) is 10.6. The molecule has 0 unspecified atom stereocenters. The van der Waals surface area contributed by atoms with Gasteiger partial charge in [0.25, 0.3) is 0 Å². The molecule has 0 aliphatic heterocycles. The Morgan fingerprint density at radius 3 is 2.74 bits per heavy atom. The summed E-state index contributed by atoms with van der Waals surface area (Å²) in [5, 5.41) is 3.32. The van der Waals surface area contributed by atoms with Crippen LogP contribution in [0, 0.1) is 0 Å². The van der Waals surface area contributed by atoms with Crippen molar-refractivity contribution in [2.75, 3.05) is 12.4 Å². The van der Waals surface area contributed by atoms with Gasteiger partial charge < -0.3 is 15.5 Å². The first-order valence-corrected chi connectivity index (χ1v) is 5.59. The van der Waals surface area contributed by atoms with Crippen LogP contribution in [0.3, 0.4) is 0 Å². The van der Waals surface area contributed by atoms with Crippen LogP contribution in [0.1, 0.15) is 12.5 Å². The minimum absolute atomic E-state index is 0.126. The lowest BCUT2D eigenvalue weighted by Gasteiger charge is -2.04. The zero-order chi connectivity index (χ0) is 14.0. The average Bonchev–Trinajstić information content (AvgIpc) is 2.36. The molecule has 2 rings (SSSR count). The smallest absolute Gasteiger partial charge is 0.347 e. The molecule has 0 bridgehead atoms. The number of carbonyl (C=O) groups excluding carboxylic acids is 1. The van der Waals surface area contributed by atoms with E-state index in [-0.39, 0.29) is 17.3 Å². The van der Waals surface area contributed by atoms with Crippen molar-refractivity contribution in [2.45, 2.75) is 6.92 Å². The van der Waals surface area contributed by atoms with Crippen LogP contribution in [0.15, 0.2) is 38.5 Å². The monoisotopic (exact) mass is 259 g/mol. The van der Waals surface area contributed by atoms with Gasteiger partial charge in [-0.25, -0.2) is 4.79 Å². The summed E-state index contributed by atoms with van der Waals surface area (Å²) in [5.74, 6) is -0.0673. The van der Waals surface area contributed by atoms with Gasteiger partial charge in [-0.2, -0.15) is 0 Å². The van der Waals surface area contributed by atoms with Crippen LogP contribution in [-0.2, 0) is 4.79 Å². The number of nitrogens with one attached hydrogen (secondary N) is 1. The van der Waals surface area contributed by atoms with Crippen LogP contribution in [0.5, 0.6) is 0 Å². The highest BCUT2D eigenvalue weighted by molar-refractivity contribution is 6.00. The SMILES string of the molecule is CN=C(N)c1cc2ccc(NC(C)=O)cc2oc1=O. The third-order valence-corrected chi connectivity index (χ3v) is 2.57. The number of hydrogen-bond acceptors (Lipinski definition) is 4. The van der Waals surface area contributed by atoms with E-state index in [4.69, 9.17) is 10.2 Å². The number of nitrogens with zero attached hydrogens (tertiary/aromatic N) is 1. The van der Waals surface area contributed by atoms with Gasteiger partial charge >= 0.3 is 5.63 Å². The third kappa shape index (κ3) is 2.62. The molecule has 6 heteroatoms. The molecule has 19 heavy (non-hydrogen) atoms. The van der Waals surface area contributed by atoms with E-state index in [0.29, 0.717) is 16.7 Å². The fourth-order valence-corrected chi connectivity index (χ4v) is 1.69. The van der Waals surface area contributed by atoms with Crippen molar-refractivity contribution >= 4 is 28.4 Å². The lowest BCUT2D eigenvalue weighted by Crippen LogP contribution is -2.21. The van der Waals surface area contributed by atoms with Gasteiger partial charge in [0.05, 0.1) is 0 Å². The molecule has 6 nitrogen and oxygen atoms in total. The van der Waals surface area contributed by atoms with Crippen LogP contribution in [0.4, 0.5) is 5.69 Å². The number of aliphatic imine (C=N–C) groups is 1. The second kappa shape index (κ2) is 4.93. The lowest BCUT2D eigenvalue weighted by atomic mass is 10.1. The summed E-state index contributed by atoms with van der Waals surface area (Å²) >= 11 is 0. The molecule has 3 N–H and O–H groups in total. The Morgan fingerprint density at radius 1 is 1.37 bits per heavy atom. The summed E-state index contributed by atoms with van der Waals surface area (Å²) in [5.41, 5.74) is 6.22. The molecule has 0 spiro atoms. The van der Waals surface area contributed by atoms with Crippen molar-refractivity contribution < 1.29 is 9.21 Å².